The van der Waals surface area contributed by atoms with E-state index in [4.69, 9.17) is 0 Å². The Bertz CT molecular complexity index is 707. The van der Waals surface area contributed by atoms with Crippen LogP contribution in [0.15, 0.2) is 24.3 Å². The third-order valence-corrected chi connectivity index (χ3v) is 6.49. The second kappa shape index (κ2) is 6.53. The Hall–Kier alpha value is -2.05. The fourth-order valence-electron chi connectivity index (χ4n) is 5.90. The van der Waals surface area contributed by atoms with Gasteiger partial charge in [0, 0.05) is 12.0 Å². The van der Waals surface area contributed by atoms with Crippen LogP contribution in [0.3, 0.4) is 0 Å². The van der Waals surface area contributed by atoms with Crippen LogP contribution in [0.1, 0.15) is 60.9 Å². The van der Waals surface area contributed by atoms with Crippen molar-refractivity contribution < 1.29 is 22.8 Å². The highest BCUT2D eigenvalue weighted by Gasteiger charge is 2.51. The van der Waals surface area contributed by atoms with Gasteiger partial charge in [0.05, 0.1) is 5.56 Å². The molecule has 0 unspecified atom stereocenters. The third kappa shape index (κ3) is 3.82. The summed E-state index contributed by atoms with van der Waals surface area (Å²) in [5.74, 6) is 1.38. The zero-order valence-electron chi connectivity index (χ0n) is 14.9. The van der Waals surface area contributed by atoms with Crippen LogP contribution in [0, 0.1) is 23.2 Å². The first kappa shape index (κ1) is 18.3. The molecule has 1 aromatic carbocycles. The van der Waals surface area contributed by atoms with E-state index in [2.05, 4.69) is 10.9 Å². The summed E-state index contributed by atoms with van der Waals surface area (Å²) < 4.78 is 37.7. The van der Waals surface area contributed by atoms with Crippen LogP contribution in [0.4, 0.5) is 13.2 Å². The van der Waals surface area contributed by atoms with Crippen molar-refractivity contribution in [3.05, 3.63) is 35.4 Å². The lowest BCUT2D eigenvalue weighted by Gasteiger charge is -2.56. The van der Waals surface area contributed by atoms with Crippen LogP contribution in [0.2, 0.25) is 0 Å². The normalized spacial score (nSPS) is 31.6. The van der Waals surface area contributed by atoms with E-state index >= 15 is 0 Å². The first-order valence-corrected chi connectivity index (χ1v) is 9.49. The van der Waals surface area contributed by atoms with Gasteiger partial charge in [0.1, 0.15) is 0 Å². The average Bonchev–Trinajstić information content (AvgIpc) is 2.57. The number of benzene rings is 1. The minimum atomic E-state index is -4.44. The quantitative estimate of drug-likeness (QED) is 0.777. The summed E-state index contributed by atoms with van der Waals surface area (Å²) in [6.07, 6.45) is 3.14. The molecular formula is C20H23F3N2O2. The molecule has 0 heterocycles. The van der Waals surface area contributed by atoms with Crippen molar-refractivity contribution in [2.24, 2.45) is 23.2 Å². The van der Waals surface area contributed by atoms with Gasteiger partial charge in [-0.25, -0.2) is 0 Å². The highest BCUT2D eigenvalue weighted by molar-refractivity contribution is 5.95. The van der Waals surface area contributed by atoms with Crippen molar-refractivity contribution in [2.75, 3.05) is 0 Å². The number of carbonyl (C=O) groups excluding carboxylic acids is 2. The number of halogens is 3. The minimum absolute atomic E-state index is 0.0674. The maximum atomic E-state index is 12.6. The van der Waals surface area contributed by atoms with Crippen molar-refractivity contribution in [1.82, 2.24) is 10.9 Å². The fraction of sp³-hybridized carbons (Fsp3) is 0.600. The number of hydrazine groups is 1. The Morgan fingerprint density at radius 3 is 1.93 bits per heavy atom. The maximum absolute atomic E-state index is 12.6. The van der Waals surface area contributed by atoms with Gasteiger partial charge >= 0.3 is 6.18 Å². The van der Waals surface area contributed by atoms with E-state index in [0.29, 0.717) is 6.42 Å². The SMILES string of the molecule is O=C(CC12CC3CC(CC(C3)C1)C2)NNC(=O)c1ccc(C(F)(F)F)cc1. The first-order valence-electron chi connectivity index (χ1n) is 9.49. The van der Waals surface area contributed by atoms with Gasteiger partial charge < -0.3 is 0 Å². The molecule has 0 aliphatic heterocycles. The first-order chi connectivity index (χ1) is 12.7. The molecule has 146 valence electrons. The van der Waals surface area contributed by atoms with E-state index in [1.807, 2.05) is 0 Å². The standard InChI is InChI=1S/C20H23F3N2O2/c21-20(22,23)16-3-1-15(2-4-16)18(27)25-24-17(26)11-19-8-12-5-13(9-19)7-14(6-12)10-19/h1-4,12-14H,5-11H2,(H,24,26)(H,25,27). The number of alkyl halides is 3. The van der Waals surface area contributed by atoms with E-state index in [-0.39, 0.29) is 16.9 Å². The van der Waals surface area contributed by atoms with Gasteiger partial charge in [0.15, 0.2) is 0 Å². The number of hydrogen-bond acceptors (Lipinski definition) is 2. The van der Waals surface area contributed by atoms with Crippen LogP contribution in [-0.4, -0.2) is 11.8 Å². The summed E-state index contributed by atoms with van der Waals surface area (Å²) in [6.45, 7) is 0. The Morgan fingerprint density at radius 2 is 1.44 bits per heavy atom. The molecule has 4 nitrogen and oxygen atoms in total. The average molecular weight is 380 g/mol. The number of nitrogens with one attached hydrogen (secondary N) is 2. The van der Waals surface area contributed by atoms with Gasteiger partial charge in [-0.15, -0.1) is 0 Å². The van der Waals surface area contributed by atoms with Gasteiger partial charge in [0.25, 0.3) is 5.91 Å². The Balaban J connectivity index is 1.31. The van der Waals surface area contributed by atoms with Crippen LogP contribution in [0.25, 0.3) is 0 Å². The number of hydrogen-bond donors (Lipinski definition) is 2. The highest BCUT2D eigenvalue weighted by Crippen LogP contribution is 2.61. The molecule has 2 N–H and O–H groups in total. The van der Waals surface area contributed by atoms with E-state index < -0.39 is 17.6 Å². The van der Waals surface area contributed by atoms with E-state index in [9.17, 15) is 22.8 Å². The monoisotopic (exact) mass is 380 g/mol. The molecular weight excluding hydrogens is 357 g/mol. The molecule has 4 saturated carbocycles. The summed E-state index contributed by atoms with van der Waals surface area (Å²) >= 11 is 0. The topological polar surface area (TPSA) is 58.2 Å². The predicted molar refractivity (Wildman–Crippen MR) is 92.3 cm³/mol. The van der Waals surface area contributed by atoms with Gasteiger partial charge in [-0.1, -0.05) is 0 Å². The number of rotatable bonds is 3. The largest absolute Gasteiger partial charge is 0.416 e. The molecule has 4 aliphatic rings. The number of amides is 2. The number of carbonyl (C=O) groups is 2. The fourth-order valence-corrected chi connectivity index (χ4v) is 5.90. The molecule has 5 rings (SSSR count). The van der Waals surface area contributed by atoms with E-state index in [0.717, 1.165) is 61.3 Å². The molecule has 27 heavy (non-hydrogen) atoms. The Labute approximate surface area is 155 Å². The van der Waals surface area contributed by atoms with E-state index in [1.165, 1.54) is 19.3 Å². The summed E-state index contributed by atoms with van der Waals surface area (Å²) in [5.41, 5.74) is 4.08. The van der Waals surface area contributed by atoms with Gasteiger partial charge in [-0.05, 0) is 86.0 Å². The molecule has 0 spiro atoms. The van der Waals surface area contributed by atoms with Gasteiger partial charge in [-0.3, -0.25) is 20.4 Å². The van der Waals surface area contributed by atoms with Crippen LogP contribution in [0.5, 0.6) is 0 Å². The van der Waals surface area contributed by atoms with E-state index in [1.54, 1.807) is 0 Å². The van der Waals surface area contributed by atoms with Crippen molar-refractivity contribution in [1.29, 1.82) is 0 Å². The second-order valence-corrected chi connectivity index (χ2v) is 8.67. The molecule has 0 atom stereocenters. The Kier molecular flexibility index (Phi) is 4.43. The summed E-state index contributed by atoms with van der Waals surface area (Å²) in [7, 11) is 0. The predicted octanol–water partition coefficient (Wildman–Crippen LogP) is 4.07. The zero-order chi connectivity index (χ0) is 19.2. The molecule has 4 aliphatic carbocycles. The lowest BCUT2D eigenvalue weighted by atomic mass is 9.49. The molecule has 2 amide bonds. The summed E-state index contributed by atoms with van der Waals surface area (Å²) in [6, 6.07) is 3.91. The van der Waals surface area contributed by atoms with Crippen molar-refractivity contribution >= 4 is 11.8 Å². The summed E-state index contributed by atoms with van der Waals surface area (Å²) in [4.78, 5) is 24.4. The smallest absolute Gasteiger partial charge is 0.273 e. The Morgan fingerprint density at radius 1 is 0.926 bits per heavy atom. The lowest BCUT2D eigenvalue weighted by Crippen LogP contribution is -2.50. The molecule has 7 heteroatoms. The zero-order valence-corrected chi connectivity index (χ0v) is 14.9. The molecule has 0 aromatic heterocycles. The van der Waals surface area contributed by atoms with Crippen molar-refractivity contribution in [3.63, 3.8) is 0 Å². The highest BCUT2D eigenvalue weighted by atomic mass is 19.4. The minimum Gasteiger partial charge on any atom is -0.273 e. The third-order valence-electron chi connectivity index (χ3n) is 6.49. The van der Waals surface area contributed by atoms with Gasteiger partial charge in [0.2, 0.25) is 5.91 Å². The summed E-state index contributed by atoms with van der Waals surface area (Å²) in [5, 5.41) is 0. The second-order valence-electron chi connectivity index (χ2n) is 8.67. The molecule has 1 aromatic rings. The molecule has 0 saturated heterocycles. The molecule has 4 bridgehead atoms. The van der Waals surface area contributed by atoms with Crippen LogP contribution in [-0.2, 0) is 11.0 Å². The lowest BCUT2D eigenvalue weighted by molar-refractivity contribution is -0.137. The maximum Gasteiger partial charge on any atom is 0.416 e. The van der Waals surface area contributed by atoms with Crippen LogP contribution >= 0.6 is 0 Å². The van der Waals surface area contributed by atoms with Crippen molar-refractivity contribution in [2.45, 2.75) is 51.1 Å². The molecule has 0 radical (unpaired) electrons. The van der Waals surface area contributed by atoms with Crippen LogP contribution < -0.4 is 10.9 Å². The van der Waals surface area contributed by atoms with Gasteiger partial charge in [-0.2, -0.15) is 13.2 Å². The van der Waals surface area contributed by atoms with Crippen molar-refractivity contribution in [3.8, 4) is 0 Å². The molecule has 4 fully saturated rings.